The molecule has 2 aromatic rings. The number of carbonyl (C=O) groups is 1. The summed E-state index contributed by atoms with van der Waals surface area (Å²) in [6.07, 6.45) is 0. The fourth-order valence-electron chi connectivity index (χ4n) is 1.29. The second-order valence-corrected chi connectivity index (χ2v) is 4.45. The van der Waals surface area contributed by atoms with Crippen LogP contribution in [0.25, 0.3) is 0 Å². The van der Waals surface area contributed by atoms with Gasteiger partial charge in [-0.15, -0.1) is 10.2 Å². The number of ether oxygens (including phenoxy) is 1. The van der Waals surface area contributed by atoms with E-state index in [0.717, 1.165) is 10.0 Å². The Kier molecular flexibility index (Phi) is 3.57. The number of hydrogen-bond donors (Lipinski definition) is 1. The standard InChI is InChI=1S/C12H9BrN2O3/c1-7-2-4-10(8(13)6-7)18-11-5-3-9(12(16)17)14-15-11/h2-6H,1H3,(H,16,17). The molecule has 18 heavy (non-hydrogen) atoms. The maximum atomic E-state index is 10.6. The van der Waals surface area contributed by atoms with E-state index in [1.807, 2.05) is 19.1 Å². The molecule has 0 aliphatic heterocycles. The van der Waals surface area contributed by atoms with Crippen molar-refractivity contribution in [3.05, 3.63) is 46.1 Å². The lowest BCUT2D eigenvalue weighted by molar-refractivity contribution is 0.0689. The van der Waals surface area contributed by atoms with Crippen LogP contribution in [0.2, 0.25) is 0 Å². The van der Waals surface area contributed by atoms with Crippen molar-refractivity contribution < 1.29 is 14.6 Å². The highest BCUT2D eigenvalue weighted by Crippen LogP contribution is 2.29. The zero-order valence-electron chi connectivity index (χ0n) is 9.42. The van der Waals surface area contributed by atoms with E-state index in [2.05, 4.69) is 26.1 Å². The molecule has 0 amide bonds. The summed E-state index contributed by atoms with van der Waals surface area (Å²) in [6.45, 7) is 1.97. The summed E-state index contributed by atoms with van der Waals surface area (Å²) >= 11 is 3.37. The van der Waals surface area contributed by atoms with Gasteiger partial charge in [-0.3, -0.25) is 0 Å². The van der Waals surface area contributed by atoms with Crippen molar-refractivity contribution in [1.82, 2.24) is 10.2 Å². The van der Waals surface area contributed by atoms with Gasteiger partial charge in [-0.25, -0.2) is 4.79 Å². The number of nitrogens with zero attached hydrogens (tertiary/aromatic N) is 2. The van der Waals surface area contributed by atoms with E-state index in [4.69, 9.17) is 9.84 Å². The van der Waals surface area contributed by atoms with Gasteiger partial charge in [0.25, 0.3) is 0 Å². The van der Waals surface area contributed by atoms with Gasteiger partial charge in [-0.2, -0.15) is 0 Å². The van der Waals surface area contributed by atoms with Crippen LogP contribution in [-0.4, -0.2) is 21.3 Å². The molecular weight excluding hydrogens is 300 g/mol. The molecule has 0 bridgehead atoms. The minimum absolute atomic E-state index is 0.120. The minimum Gasteiger partial charge on any atom is -0.476 e. The lowest BCUT2D eigenvalue weighted by atomic mass is 10.2. The molecular formula is C12H9BrN2O3. The summed E-state index contributed by atoms with van der Waals surface area (Å²) < 4.78 is 6.28. The topological polar surface area (TPSA) is 72.3 Å². The highest BCUT2D eigenvalue weighted by molar-refractivity contribution is 9.10. The van der Waals surface area contributed by atoms with E-state index in [1.54, 1.807) is 6.07 Å². The van der Waals surface area contributed by atoms with Gasteiger partial charge in [0.2, 0.25) is 5.88 Å². The van der Waals surface area contributed by atoms with Crippen molar-refractivity contribution in [2.45, 2.75) is 6.92 Å². The Morgan fingerprint density at radius 3 is 2.61 bits per heavy atom. The number of benzene rings is 1. The third-order valence-electron chi connectivity index (χ3n) is 2.16. The van der Waals surface area contributed by atoms with Crippen LogP contribution in [0.4, 0.5) is 0 Å². The fourth-order valence-corrected chi connectivity index (χ4v) is 1.86. The normalized spacial score (nSPS) is 10.1. The predicted octanol–water partition coefficient (Wildman–Crippen LogP) is 3.04. The maximum absolute atomic E-state index is 10.6. The molecule has 5 nitrogen and oxygen atoms in total. The van der Waals surface area contributed by atoms with E-state index in [-0.39, 0.29) is 11.6 Å². The largest absolute Gasteiger partial charge is 0.476 e. The molecule has 0 unspecified atom stereocenters. The Balaban J connectivity index is 2.21. The minimum atomic E-state index is -1.12. The first-order valence-electron chi connectivity index (χ1n) is 5.07. The average Bonchev–Trinajstić information content (AvgIpc) is 2.33. The van der Waals surface area contributed by atoms with Crippen LogP contribution in [0, 0.1) is 6.92 Å². The summed E-state index contributed by atoms with van der Waals surface area (Å²) in [5, 5.41) is 15.9. The monoisotopic (exact) mass is 308 g/mol. The third-order valence-corrected chi connectivity index (χ3v) is 2.78. The summed E-state index contributed by atoms with van der Waals surface area (Å²) in [4.78, 5) is 10.6. The number of carboxylic acid groups (broad SMARTS) is 1. The quantitative estimate of drug-likeness (QED) is 0.943. The molecule has 0 radical (unpaired) electrons. The number of rotatable bonds is 3. The van der Waals surface area contributed by atoms with E-state index < -0.39 is 5.97 Å². The summed E-state index contributed by atoms with van der Waals surface area (Å²) in [6, 6.07) is 8.41. The maximum Gasteiger partial charge on any atom is 0.356 e. The van der Waals surface area contributed by atoms with Gasteiger partial charge in [0.05, 0.1) is 4.47 Å². The van der Waals surface area contributed by atoms with Gasteiger partial charge in [-0.05, 0) is 46.6 Å². The number of aromatic carboxylic acids is 1. The van der Waals surface area contributed by atoms with Crippen molar-refractivity contribution in [3.8, 4) is 11.6 Å². The number of halogens is 1. The molecule has 0 aliphatic rings. The first-order valence-corrected chi connectivity index (χ1v) is 5.86. The number of aromatic nitrogens is 2. The van der Waals surface area contributed by atoms with Crippen molar-refractivity contribution in [2.24, 2.45) is 0 Å². The van der Waals surface area contributed by atoms with Gasteiger partial charge >= 0.3 is 5.97 Å². The summed E-state index contributed by atoms with van der Waals surface area (Å²) in [5.74, 6) is -0.284. The molecule has 0 atom stereocenters. The van der Waals surface area contributed by atoms with Gasteiger partial charge in [0.1, 0.15) is 5.75 Å². The molecule has 2 rings (SSSR count). The van der Waals surface area contributed by atoms with Crippen LogP contribution in [0.1, 0.15) is 16.1 Å². The van der Waals surface area contributed by atoms with Crippen LogP contribution in [0.5, 0.6) is 11.6 Å². The number of carboxylic acids is 1. The highest BCUT2D eigenvalue weighted by atomic mass is 79.9. The molecule has 0 saturated heterocycles. The van der Waals surface area contributed by atoms with E-state index >= 15 is 0 Å². The Hall–Kier alpha value is -1.95. The predicted molar refractivity (Wildman–Crippen MR) is 67.9 cm³/mol. The van der Waals surface area contributed by atoms with E-state index in [1.165, 1.54) is 12.1 Å². The first-order chi connectivity index (χ1) is 8.56. The second-order valence-electron chi connectivity index (χ2n) is 3.60. The molecule has 0 fully saturated rings. The van der Waals surface area contributed by atoms with Crippen LogP contribution in [-0.2, 0) is 0 Å². The Labute approximate surface area is 112 Å². The van der Waals surface area contributed by atoms with Crippen LogP contribution >= 0.6 is 15.9 Å². The molecule has 1 heterocycles. The average molecular weight is 309 g/mol. The van der Waals surface area contributed by atoms with Gasteiger partial charge in [0, 0.05) is 6.07 Å². The van der Waals surface area contributed by atoms with Gasteiger partial charge in [-0.1, -0.05) is 6.07 Å². The lowest BCUT2D eigenvalue weighted by Gasteiger charge is -2.06. The third kappa shape index (κ3) is 2.84. The zero-order valence-corrected chi connectivity index (χ0v) is 11.0. The molecule has 92 valence electrons. The van der Waals surface area contributed by atoms with Crippen molar-refractivity contribution in [3.63, 3.8) is 0 Å². The van der Waals surface area contributed by atoms with E-state index in [9.17, 15) is 4.79 Å². The van der Waals surface area contributed by atoms with E-state index in [0.29, 0.717) is 5.75 Å². The first kappa shape index (κ1) is 12.5. The smallest absolute Gasteiger partial charge is 0.356 e. The fraction of sp³-hybridized carbons (Fsp3) is 0.0833. The number of hydrogen-bond acceptors (Lipinski definition) is 4. The Bertz CT molecular complexity index is 584. The van der Waals surface area contributed by atoms with Crippen LogP contribution < -0.4 is 4.74 Å². The summed E-state index contributed by atoms with van der Waals surface area (Å²) in [7, 11) is 0. The zero-order chi connectivity index (χ0) is 13.1. The number of aryl methyl sites for hydroxylation is 1. The van der Waals surface area contributed by atoms with Crippen LogP contribution in [0.15, 0.2) is 34.8 Å². The molecule has 0 aliphatic carbocycles. The van der Waals surface area contributed by atoms with Gasteiger partial charge in [0.15, 0.2) is 5.69 Å². The molecule has 0 spiro atoms. The van der Waals surface area contributed by atoms with Crippen molar-refractivity contribution in [1.29, 1.82) is 0 Å². The van der Waals surface area contributed by atoms with Crippen LogP contribution in [0.3, 0.4) is 0 Å². The van der Waals surface area contributed by atoms with Crippen molar-refractivity contribution >= 4 is 21.9 Å². The molecule has 1 N–H and O–H groups in total. The summed E-state index contributed by atoms with van der Waals surface area (Å²) in [5.41, 5.74) is 0.979. The second kappa shape index (κ2) is 5.14. The van der Waals surface area contributed by atoms with Gasteiger partial charge < -0.3 is 9.84 Å². The molecule has 1 aromatic heterocycles. The highest BCUT2D eigenvalue weighted by Gasteiger charge is 2.07. The Morgan fingerprint density at radius 1 is 1.28 bits per heavy atom. The molecule has 6 heteroatoms. The molecule has 1 aromatic carbocycles. The Morgan fingerprint density at radius 2 is 2.06 bits per heavy atom. The SMILES string of the molecule is Cc1ccc(Oc2ccc(C(=O)O)nn2)c(Br)c1. The molecule has 0 saturated carbocycles. The lowest BCUT2D eigenvalue weighted by Crippen LogP contribution is -2.02. The van der Waals surface area contributed by atoms with Crippen molar-refractivity contribution in [2.75, 3.05) is 0 Å².